The number of hydrogen-bond donors (Lipinski definition) is 3. The van der Waals surface area contributed by atoms with Crippen molar-refractivity contribution >= 4 is 17.9 Å². The average molecular weight is 284 g/mol. The van der Waals surface area contributed by atoms with Crippen molar-refractivity contribution in [2.45, 2.75) is 18.9 Å². The number of carboxylic acids is 1. The fourth-order valence-corrected chi connectivity index (χ4v) is 2.55. The van der Waals surface area contributed by atoms with Gasteiger partial charge in [0.05, 0.1) is 6.54 Å². The van der Waals surface area contributed by atoms with Crippen LogP contribution in [-0.4, -0.2) is 78.1 Å². The summed E-state index contributed by atoms with van der Waals surface area (Å²) in [6.45, 7) is 3.12. The summed E-state index contributed by atoms with van der Waals surface area (Å²) in [5.41, 5.74) is 0. The third-order valence-corrected chi connectivity index (χ3v) is 3.66. The van der Waals surface area contributed by atoms with Gasteiger partial charge >= 0.3 is 12.0 Å². The summed E-state index contributed by atoms with van der Waals surface area (Å²) in [5, 5.41) is 14.7. The lowest BCUT2D eigenvalue weighted by Crippen LogP contribution is -2.52. The van der Waals surface area contributed by atoms with E-state index in [1.54, 1.807) is 4.90 Å². The number of carbonyl (C=O) groups is 3. The molecule has 0 aromatic carbocycles. The maximum atomic E-state index is 11.9. The Hall–Kier alpha value is -1.83. The molecule has 1 unspecified atom stereocenters. The number of likely N-dealkylation sites (tertiary alicyclic amines) is 1. The van der Waals surface area contributed by atoms with Crippen molar-refractivity contribution in [3.8, 4) is 0 Å². The molecule has 0 bridgehead atoms. The van der Waals surface area contributed by atoms with Gasteiger partial charge in [-0.25, -0.2) is 9.59 Å². The zero-order chi connectivity index (χ0) is 14.5. The number of piperazine rings is 1. The summed E-state index contributed by atoms with van der Waals surface area (Å²) in [6, 6.07) is -1.25. The minimum atomic E-state index is -0.994. The molecule has 8 heteroatoms. The molecular formula is C12H20N4O4. The first kappa shape index (κ1) is 14.6. The molecule has 2 heterocycles. The van der Waals surface area contributed by atoms with E-state index in [0.29, 0.717) is 32.5 Å². The number of urea groups is 1. The topological polar surface area (TPSA) is 102 Å². The van der Waals surface area contributed by atoms with Gasteiger partial charge in [-0.15, -0.1) is 0 Å². The molecule has 3 N–H and O–H groups in total. The lowest BCUT2D eigenvalue weighted by Gasteiger charge is -2.28. The van der Waals surface area contributed by atoms with Gasteiger partial charge in [0.2, 0.25) is 5.91 Å². The quantitative estimate of drug-likeness (QED) is 0.596. The van der Waals surface area contributed by atoms with Gasteiger partial charge in [0.15, 0.2) is 0 Å². The Kier molecular flexibility index (Phi) is 4.78. The SMILES string of the molecule is O=C(O)C1CCCN1C(=O)NCC(=O)N1CCNCC1. The predicted molar refractivity (Wildman–Crippen MR) is 70.2 cm³/mol. The molecule has 0 spiro atoms. The first-order chi connectivity index (χ1) is 9.59. The van der Waals surface area contributed by atoms with Crippen molar-refractivity contribution in [3.63, 3.8) is 0 Å². The van der Waals surface area contributed by atoms with Crippen LogP contribution in [0.4, 0.5) is 4.79 Å². The Morgan fingerprint density at radius 3 is 2.55 bits per heavy atom. The number of nitrogens with zero attached hydrogens (tertiary/aromatic N) is 2. The molecule has 2 aliphatic heterocycles. The van der Waals surface area contributed by atoms with Crippen molar-refractivity contribution in [1.82, 2.24) is 20.4 Å². The maximum absolute atomic E-state index is 11.9. The second-order valence-electron chi connectivity index (χ2n) is 4.98. The van der Waals surface area contributed by atoms with Crippen molar-refractivity contribution < 1.29 is 19.5 Å². The molecule has 8 nitrogen and oxygen atoms in total. The minimum absolute atomic E-state index is 0.0817. The maximum Gasteiger partial charge on any atom is 0.326 e. The number of amides is 3. The number of carboxylic acid groups (broad SMARTS) is 1. The summed E-state index contributed by atoms with van der Waals surface area (Å²) in [4.78, 5) is 37.8. The fraction of sp³-hybridized carbons (Fsp3) is 0.750. The van der Waals surface area contributed by atoms with E-state index in [-0.39, 0.29) is 12.5 Å². The van der Waals surface area contributed by atoms with Crippen molar-refractivity contribution in [1.29, 1.82) is 0 Å². The van der Waals surface area contributed by atoms with Crippen molar-refractivity contribution in [2.24, 2.45) is 0 Å². The van der Waals surface area contributed by atoms with Gasteiger partial charge in [0.1, 0.15) is 6.04 Å². The molecule has 2 saturated heterocycles. The zero-order valence-corrected chi connectivity index (χ0v) is 11.3. The second kappa shape index (κ2) is 6.56. The highest BCUT2D eigenvalue weighted by Crippen LogP contribution is 2.17. The van der Waals surface area contributed by atoms with E-state index >= 15 is 0 Å². The molecule has 20 heavy (non-hydrogen) atoms. The molecule has 112 valence electrons. The highest BCUT2D eigenvalue weighted by atomic mass is 16.4. The summed E-state index contributed by atoms with van der Waals surface area (Å²) in [5.74, 6) is -1.13. The van der Waals surface area contributed by atoms with Crippen molar-refractivity contribution in [2.75, 3.05) is 39.3 Å². The average Bonchev–Trinajstić information content (AvgIpc) is 2.95. The smallest absolute Gasteiger partial charge is 0.326 e. The van der Waals surface area contributed by atoms with E-state index in [2.05, 4.69) is 10.6 Å². The molecule has 3 amide bonds. The van der Waals surface area contributed by atoms with Crippen LogP contribution in [-0.2, 0) is 9.59 Å². The Morgan fingerprint density at radius 2 is 1.90 bits per heavy atom. The number of nitrogens with one attached hydrogen (secondary N) is 2. The van der Waals surface area contributed by atoms with Gasteiger partial charge in [0.25, 0.3) is 0 Å². The summed E-state index contributed by atoms with van der Waals surface area (Å²) in [6.07, 6.45) is 1.14. The van der Waals surface area contributed by atoms with Crippen molar-refractivity contribution in [3.05, 3.63) is 0 Å². The molecule has 2 rings (SSSR count). The molecule has 1 atom stereocenters. The van der Waals surface area contributed by atoms with Crippen LogP contribution >= 0.6 is 0 Å². The number of rotatable bonds is 3. The third-order valence-electron chi connectivity index (χ3n) is 3.66. The number of aliphatic carboxylic acids is 1. The Labute approximate surface area is 117 Å². The lowest BCUT2D eigenvalue weighted by atomic mass is 10.2. The highest BCUT2D eigenvalue weighted by molar-refractivity contribution is 5.87. The van der Waals surface area contributed by atoms with Crippen LogP contribution in [0.2, 0.25) is 0 Å². The van der Waals surface area contributed by atoms with E-state index in [1.165, 1.54) is 4.90 Å². The first-order valence-electron chi connectivity index (χ1n) is 6.85. The third kappa shape index (κ3) is 3.38. The molecule has 0 radical (unpaired) electrons. The van der Waals surface area contributed by atoms with Crippen LogP contribution in [0, 0.1) is 0 Å². The fourth-order valence-electron chi connectivity index (χ4n) is 2.55. The van der Waals surface area contributed by atoms with E-state index in [9.17, 15) is 14.4 Å². The second-order valence-corrected chi connectivity index (χ2v) is 4.98. The van der Waals surface area contributed by atoms with Crippen LogP contribution in [0.15, 0.2) is 0 Å². The van der Waals surface area contributed by atoms with Crippen LogP contribution in [0.5, 0.6) is 0 Å². The highest BCUT2D eigenvalue weighted by Gasteiger charge is 2.34. The Morgan fingerprint density at radius 1 is 1.20 bits per heavy atom. The molecule has 0 aromatic heterocycles. The van der Waals surface area contributed by atoms with E-state index in [0.717, 1.165) is 13.1 Å². The Bertz CT molecular complexity index is 395. The molecule has 0 saturated carbocycles. The predicted octanol–water partition coefficient (Wildman–Crippen LogP) is -1.32. The first-order valence-corrected chi connectivity index (χ1v) is 6.85. The van der Waals surface area contributed by atoms with E-state index in [1.807, 2.05) is 0 Å². The van der Waals surface area contributed by atoms with Crippen LogP contribution in [0.1, 0.15) is 12.8 Å². The standard InChI is InChI=1S/C12H20N4O4/c17-10(15-6-3-13-4-7-15)8-14-12(20)16-5-1-2-9(16)11(18)19/h9,13H,1-8H2,(H,14,20)(H,18,19). The van der Waals surface area contributed by atoms with E-state index in [4.69, 9.17) is 5.11 Å². The summed E-state index contributed by atoms with van der Waals surface area (Å²) in [7, 11) is 0. The Balaban J connectivity index is 1.79. The van der Waals surface area contributed by atoms with Gasteiger partial charge in [-0.3, -0.25) is 4.79 Å². The minimum Gasteiger partial charge on any atom is -0.480 e. The monoisotopic (exact) mass is 284 g/mol. The van der Waals surface area contributed by atoms with E-state index < -0.39 is 18.0 Å². The van der Waals surface area contributed by atoms with Crippen LogP contribution < -0.4 is 10.6 Å². The van der Waals surface area contributed by atoms with Gasteiger partial charge in [-0.1, -0.05) is 0 Å². The molecule has 0 aromatic rings. The molecule has 2 aliphatic rings. The van der Waals surface area contributed by atoms with Gasteiger partial charge in [-0.2, -0.15) is 0 Å². The van der Waals surface area contributed by atoms with Gasteiger partial charge in [-0.05, 0) is 12.8 Å². The molecular weight excluding hydrogens is 264 g/mol. The summed E-state index contributed by atoms with van der Waals surface area (Å²) < 4.78 is 0. The number of carbonyl (C=O) groups excluding carboxylic acids is 2. The largest absolute Gasteiger partial charge is 0.480 e. The molecule has 0 aliphatic carbocycles. The van der Waals surface area contributed by atoms with Gasteiger partial charge in [0, 0.05) is 32.7 Å². The van der Waals surface area contributed by atoms with Crippen LogP contribution in [0.25, 0.3) is 0 Å². The lowest BCUT2D eigenvalue weighted by molar-refractivity contribution is -0.141. The normalized spacial score (nSPS) is 22.7. The summed E-state index contributed by atoms with van der Waals surface area (Å²) >= 11 is 0. The number of hydrogen-bond acceptors (Lipinski definition) is 4. The van der Waals surface area contributed by atoms with Crippen LogP contribution in [0.3, 0.4) is 0 Å². The van der Waals surface area contributed by atoms with Gasteiger partial charge < -0.3 is 25.5 Å². The molecule has 2 fully saturated rings. The zero-order valence-electron chi connectivity index (χ0n) is 11.3.